The van der Waals surface area contributed by atoms with Crippen LogP contribution in [0.1, 0.15) is 17.3 Å². The highest BCUT2D eigenvalue weighted by atomic mass is 19.2. The monoisotopic (exact) mass is 262 g/mol. The minimum absolute atomic E-state index is 0.151. The first-order valence-corrected chi connectivity index (χ1v) is 5.67. The summed E-state index contributed by atoms with van der Waals surface area (Å²) in [5.41, 5.74) is 1.39. The van der Waals surface area contributed by atoms with Gasteiger partial charge < -0.3 is 4.74 Å². The van der Waals surface area contributed by atoms with E-state index in [1.165, 1.54) is 20.1 Å². The largest absolute Gasteiger partial charge is 0.497 e. The van der Waals surface area contributed by atoms with Gasteiger partial charge in [-0.3, -0.25) is 4.79 Å². The lowest BCUT2D eigenvalue weighted by atomic mass is 9.97. The van der Waals surface area contributed by atoms with Crippen LogP contribution in [0.25, 0.3) is 11.1 Å². The molecule has 2 aromatic rings. The van der Waals surface area contributed by atoms with Crippen LogP contribution in [0.2, 0.25) is 0 Å². The summed E-state index contributed by atoms with van der Waals surface area (Å²) in [5.74, 6) is -1.47. The van der Waals surface area contributed by atoms with Gasteiger partial charge in [-0.25, -0.2) is 8.78 Å². The van der Waals surface area contributed by atoms with E-state index in [4.69, 9.17) is 4.74 Å². The molecule has 0 heterocycles. The lowest BCUT2D eigenvalue weighted by Gasteiger charge is -2.10. The first-order valence-electron chi connectivity index (χ1n) is 5.67. The van der Waals surface area contributed by atoms with Crippen molar-refractivity contribution in [3.63, 3.8) is 0 Å². The lowest BCUT2D eigenvalue weighted by molar-refractivity contribution is 0.101. The first kappa shape index (κ1) is 13.2. The molecule has 0 saturated heterocycles. The molecule has 0 N–H and O–H groups in total. The molecule has 2 aromatic carbocycles. The van der Waals surface area contributed by atoms with Crippen LogP contribution in [0.5, 0.6) is 5.75 Å². The van der Waals surface area contributed by atoms with E-state index in [9.17, 15) is 13.6 Å². The molecule has 0 unspecified atom stereocenters. The third-order valence-corrected chi connectivity index (χ3v) is 2.84. The quantitative estimate of drug-likeness (QED) is 0.785. The smallest absolute Gasteiger partial charge is 0.160 e. The Bertz CT molecular complexity index is 636. The maximum Gasteiger partial charge on any atom is 0.160 e. The standard InChI is InChI=1S/C15H12F2O2/c1-9(18)12-5-4-11(19-2)8-13(12)10-3-6-14(16)15(17)7-10/h3-8H,1-2H3. The van der Waals surface area contributed by atoms with Gasteiger partial charge in [0.2, 0.25) is 0 Å². The molecular formula is C15H12F2O2. The Kier molecular flexibility index (Phi) is 3.60. The second-order valence-electron chi connectivity index (χ2n) is 4.10. The maximum atomic E-state index is 13.3. The molecule has 19 heavy (non-hydrogen) atoms. The van der Waals surface area contributed by atoms with Gasteiger partial charge in [0.15, 0.2) is 17.4 Å². The molecule has 0 fully saturated rings. The number of carbonyl (C=O) groups is 1. The molecule has 0 atom stereocenters. The molecule has 4 heteroatoms. The van der Waals surface area contributed by atoms with Crippen LogP contribution in [0, 0.1) is 11.6 Å². The Morgan fingerprint density at radius 3 is 2.37 bits per heavy atom. The molecule has 2 nitrogen and oxygen atoms in total. The van der Waals surface area contributed by atoms with Crippen molar-refractivity contribution in [1.29, 1.82) is 0 Å². The highest BCUT2D eigenvalue weighted by Crippen LogP contribution is 2.29. The van der Waals surface area contributed by atoms with E-state index in [2.05, 4.69) is 0 Å². The highest BCUT2D eigenvalue weighted by molar-refractivity contribution is 6.01. The molecule has 0 aliphatic carbocycles. The van der Waals surface area contributed by atoms with Crippen LogP contribution >= 0.6 is 0 Å². The van der Waals surface area contributed by atoms with Crippen LogP contribution < -0.4 is 4.74 Å². The number of ether oxygens (including phenoxy) is 1. The van der Waals surface area contributed by atoms with Gasteiger partial charge >= 0.3 is 0 Å². The average Bonchev–Trinajstić information content (AvgIpc) is 2.41. The predicted octanol–water partition coefficient (Wildman–Crippen LogP) is 3.84. The van der Waals surface area contributed by atoms with E-state index in [1.807, 2.05) is 0 Å². The van der Waals surface area contributed by atoms with Gasteiger partial charge in [0.1, 0.15) is 5.75 Å². The van der Waals surface area contributed by atoms with Crippen LogP contribution in [0.3, 0.4) is 0 Å². The highest BCUT2D eigenvalue weighted by Gasteiger charge is 2.12. The number of rotatable bonds is 3. The summed E-state index contributed by atoms with van der Waals surface area (Å²) in [6.45, 7) is 1.42. The van der Waals surface area contributed by atoms with Gasteiger partial charge in [-0.05, 0) is 48.4 Å². The SMILES string of the molecule is COc1ccc(C(C)=O)c(-c2ccc(F)c(F)c2)c1. The van der Waals surface area contributed by atoms with Crippen molar-refractivity contribution < 1.29 is 18.3 Å². The van der Waals surface area contributed by atoms with Crippen molar-refractivity contribution >= 4 is 5.78 Å². The van der Waals surface area contributed by atoms with Gasteiger partial charge in [0, 0.05) is 5.56 Å². The molecule has 0 aromatic heterocycles. The van der Waals surface area contributed by atoms with Crippen molar-refractivity contribution in [2.75, 3.05) is 7.11 Å². The molecule has 0 saturated carbocycles. The molecule has 2 rings (SSSR count). The number of methoxy groups -OCH3 is 1. The minimum Gasteiger partial charge on any atom is -0.497 e. The van der Waals surface area contributed by atoms with Crippen molar-refractivity contribution in [1.82, 2.24) is 0 Å². The maximum absolute atomic E-state index is 13.3. The molecule has 0 radical (unpaired) electrons. The van der Waals surface area contributed by atoms with Gasteiger partial charge in [0.05, 0.1) is 7.11 Å². The van der Waals surface area contributed by atoms with E-state index in [0.717, 1.165) is 12.1 Å². The number of carbonyl (C=O) groups excluding carboxylic acids is 1. The van der Waals surface area contributed by atoms with Gasteiger partial charge in [-0.2, -0.15) is 0 Å². The number of benzene rings is 2. The molecular weight excluding hydrogens is 250 g/mol. The summed E-state index contributed by atoms with van der Waals surface area (Å²) in [7, 11) is 1.50. The van der Waals surface area contributed by atoms with E-state index in [-0.39, 0.29) is 5.78 Å². The topological polar surface area (TPSA) is 26.3 Å². The summed E-state index contributed by atoms with van der Waals surface area (Å²) >= 11 is 0. The second kappa shape index (κ2) is 5.18. The fourth-order valence-corrected chi connectivity index (χ4v) is 1.86. The number of halogens is 2. The van der Waals surface area contributed by atoms with Gasteiger partial charge in [0.25, 0.3) is 0 Å². The van der Waals surface area contributed by atoms with Crippen LogP contribution in [-0.2, 0) is 0 Å². The Morgan fingerprint density at radius 1 is 1.05 bits per heavy atom. The minimum atomic E-state index is -0.949. The van der Waals surface area contributed by atoms with Gasteiger partial charge in [-0.1, -0.05) is 6.07 Å². The van der Waals surface area contributed by atoms with Gasteiger partial charge in [-0.15, -0.1) is 0 Å². The Hall–Kier alpha value is -2.23. The van der Waals surface area contributed by atoms with Crippen LogP contribution in [0.4, 0.5) is 8.78 Å². The average molecular weight is 262 g/mol. The molecule has 0 bridgehead atoms. The Labute approximate surface area is 109 Å². The van der Waals surface area contributed by atoms with Crippen molar-refractivity contribution in [2.24, 2.45) is 0 Å². The molecule has 0 aliphatic rings. The zero-order valence-electron chi connectivity index (χ0n) is 10.5. The summed E-state index contributed by atoms with van der Waals surface area (Å²) < 4.78 is 31.3. The lowest BCUT2D eigenvalue weighted by Crippen LogP contribution is -1.98. The number of hydrogen-bond donors (Lipinski definition) is 0. The van der Waals surface area contributed by atoms with Crippen molar-refractivity contribution in [3.8, 4) is 16.9 Å². The Morgan fingerprint density at radius 2 is 1.79 bits per heavy atom. The molecule has 0 amide bonds. The van der Waals surface area contributed by atoms with E-state index < -0.39 is 11.6 Å². The fraction of sp³-hybridized carbons (Fsp3) is 0.133. The zero-order chi connectivity index (χ0) is 14.0. The van der Waals surface area contributed by atoms with E-state index >= 15 is 0 Å². The summed E-state index contributed by atoms with van der Waals surface area (Å²) in [4.78, 5) is 11.6. The third-order valence-electron chi connectivity index (χ3n) is 2.84. The summed E-state index contributed by atoms with van der Waals surface area (Å²) in [6, 6.07) is 8.42. The fourth-order valence-electron chi connectivity index (χ4n) is 1.86. The normalized spacial score (nSPS) is 10.3. The molecule has 0 spiro atoms. The molecule has 0 aliphatic heterocycles. The van der Waals surface area contributed by atoms with Crippen LogP contribution in [0.15, 0.2) is 36.4 Å². The van der Waals surface area contributed by atoms with Crippen LogP contribution in [-0.4, -0.2) is 12.9 Å². The summed E-state index contributed by atoms with van der Waals surface area (Å²) in [5, 5.41) is 0. The number of hydrogen-bond acceptors (Lipinski definition) is 2. The second-order valence-corrected chi connectivity index (χ2v) is 4.10. The number of Topliss-reactive ketones (excluding diaryl/α,β-unsaturated/α-hetero) is 1. The first-order chi connectivity index (χ1) is 9.02. The molecule has 98 valence electrons. The van der Waals surface area contributed by atoms with Crippen molar-refractivity contribution in [2.45, 2.75) is 6.92 Å². The zero-order valence-corrected chi connectivity index (χ0v) is 10.5. The predicted molar refractivity (Wildman–Crippen MR) is 68.4 cm³/mol. The third kappa shape index (κ3) is 2.62. The van der Waals surface area contributed by atoms with Crippen molar-refractivity contribution in [3.05, 3.63) is 53.6 Å². The van der Waals surface area contributed by atoms with E-state index in [1.54, 1.807) is 18.2 Å². The number of ketones is 1. The summed E-state index contributed by atoms with van der Waals surface area (Å²) in [6.07, 6.45) is 0. The Balaban J connectivity index is 2.64. The van der Waals surface area contributed by atoms with E-state index in [0.29, 0.717) is 22.4 Å².